The van der Waals surface area contributed by atoms with Crippen molar-refractivity contribution in [1.82, 2.24) is 10.2 Å². The molecule has 3 rings (SSSR count). The van der Waals surface area contributed by atoms with Crippen LogP contribution < -0.4 is 9.62 Å². The van der Waals surface area contributed by atoms with Gasteiger partial charge >= 0.3 is 0 Å². The summed E-state index contributed by atoms with van der Waals surface area (Å²) >= 11 is 12.7. The van der Waals surface area contributed by atoms with Crippen molar-refractivity contribution in [2.24, 2.45) is 5.92 Å². The summed E-state index contributed by atoms with van der Waals surface area (Å²) in [6, 6.07) is 16.3. The van der Waals surface area contributed by atoms with Crippen LogP contribution in [0.5, 0.6) is 0 Å². The standard InChI is InChI=1S/C28H30Cl2FN3O4S/c1-19(2)16-32-28(36)20(3)33(17-24-25(29)10-7-11-26(24)30)27(35)18-34(22-8-5-4-6-9-22)39(37,38)23-14-12-21(31)13-15-23/h4-15,19-20H,16-18H2,1-3H3,(H,32,36). The Hall–Kier alpha value is -3.14. The van der Waals surface area contributed by atoms with Gasteiger partial charge in [-0.25, -0.2) is 12.8 Å². The largest absolute Gasteiger partial charge is 0.354 e. The summed E-state index contributed by atoms with van der Waals surface area (Å²) in [6.45, 7) is 5.07. The fourth-order valence-electron chi connectivity index (χ4n) is 3.75. The van der Waals surface area contributed by atoms with E-state index in [1.807, 2.05) is 13.8 Å². The smallest absolute Gasteiger partial charge is 0.264 e. The van der Waals surface area contributed by atoms with Crippen molar-refractivity contribution in [3.63, 3.8) is 0 Å². The van der Waals surface area contributed by atoms with Gasteiger partial charge in [-0.05, 0) is 61.4 Å². The van der Waals surface area contributed by atoms with Gasteiger partial charge in [0, 0.05) is 28.7 Å². The molecule has 1 unspecified atom stereocenters. The normalized spacial score (nSPS) is 12.2. The SMILES string of the molecule is CC(C)CNC(=O)C(C)N(Cc1c(Cl)cccc1Cl)C(=O)CN(c1ccccc1)S(=O)(=O)c1ccc(F)cc1. The van der Waals surface area contributed by atoms with Gasteiger partial charge in [-0.2, -0.15) is 0 Å². The Morgan fingerprint density at radius 2 is 1.49 bits per heavy atom. The number of hydrogen-bond donors (Lipinski definition) is 1. The Balaban J connectivity index is 2.02. The first-order valence-electron chi connectivity index (χ1n) is 12.2. The van der Waals surface area contributed by atoms with Crippen LogP contribution in [0.15, 0.2) is 77.7 Å². The molecular formula is C28H30Cl2FN3O4S. The first-order valence-corrected chi connectivity index (χ1v) is 14.4. The Morgan fingerprint density at radius 3 is 2.05 bits per heavy atom. The van der Waals surface area contributed by atoms with Gasteiger partial charge in [0.2, 0.25) is 11.8 Å². The summed E-state index contributed by atoms with van der Waals surface area (Å²) in [7, 11) is -4.29. The number of rotatable bonds is 11. The zero-order valence-corrected chi connectivity index (χ0v) is 24.1. The van der Waals surface area contributed by atoms with Gasteiger partial charge in [-0.1, -0.05) is 61.3 Å². The van der Waals surface area contributed by atoms with Crippen molar-refractivity contribution >= 4 is 50.7 Å². The number of carbonyl (C=O) groups excluding carboxylic acids is 2. The molecule has 0 aliphatic rings. The second kappa shape index (κ2) is 13.3. The van der Waals surface area contributed by atoms with E-state index in [1.54, 1.807) is 55.5 Å². The molecule has 0 aliphatic heterocycles. The number of carbonyl (C=O) groups is 2. The van der Waals surface area contributed by atoms with E-state index in [2.05, 4.69) is 5.32 Å². The Kier molecular flexibility index (Phi) is 10.4. The molecule has 3 aromatic carbocycles. The molecule has 0 saturated heterocycles. The van der Waals surface area contributed by atoms with Gasteiger partial charge in [0.15, 0.2) is 0 Å². The number of amides is 2. The average molecular weight is 595 g/mol. The number of para-hydroxylation sites is 1. The quantitative estimate of drug-likeness (QED) is 0.317. The van der Waals surface area contributed by atoms with Crippen LogP contribution in [-0.4, -0.2) is 44.3 Å². The van der Waals surface area contributed by atoms with Crippen LogP contribution in [0.3, 0.4) is 0 Å². The van der Waals surface area contributed by atoms with E-state index in [4.69, 9.17) is 23.2 Å². The van der Waals surface area contributed by atoms with Crippen molar-refractivity contribution in [2.45, 2.75) is 38.3 Å². The van der Waals surface area contributed by atoms with E-state index in [1.165, 1.54) is 4.90 Å². The van der Waals surface area contributed by atoms with Crippen LogP contribution in [0.4, 0.5) is 10.1 Å². The van der Waals surface area contributed by atoms with E-state index >= 15 is 0 Å². The van der Waals surface area contributed by atoms with Crippen molar-refractivity contribution in [2.75, 3.05) is 17.4 Å². The van der Waals surface area contributed by atoms with E-state index < -0.39 is 40.2 Å². The molecular weight excluding hydrogens is 564 g/mol. The predicted molar refractivity (Wildman–Crippen MR) is 152 cm³/mol. The molecule has 0 spiro atoms. The van der Waals surface area contributed by atoms with Crippen LogP contribution in [0.25, 0.3) is 0 Å². The molecule has 2 amide bonds. The summed E-state index contributed by atoms with van der Waals surface area (Å²) in [5, 5.41) is 3.41. The monoisotopic (exact) mass is 593 g/mol. The fraction of sp³-hybridized carbons (Fsp3) is 0.286. The minimum atomic E-state index is -4.29. The maximum absolute atomic E-state index is 13.9. The van der Waals surface area contributed by atoms with Crippen molar-refractivity contribution in [3.05, 3.63) is 94.2 Å². The minimum Gasteiger partial charge on any atom is -0.354 e. The maximum atomic E-state index is 13.9. The third kappa shape index (κ3) is 7.71. The van der Waals surface area contributed by atoms with Gasteiger partial charge in [0.05, 0.1) is 10.6 Å². The Labute approximate surface area is 238 Å². The van der Waals surface area contributed by atoms with Gasteiger partial charge in [0.1, 0.15) is 18.4 Å². The molecule has 0 fully saturated rings. The number of nitrogens with zero attached hydrogens (tertiary/aromatic N) is 2. The maximum Gasteiger partial charge on any atom is 0.264 e. The van der Waals surface area contributed by atoms with Crippen LogP contribution in [0.2, 0.25) is 10.0 Å². The molecule has 0 radical (unpaired) electrons. The molecule has 39 heavy (non-hydrogen) atoms. The highest BCUT2D eigenvalue weighted by atomic mass is 35.5. The van der Waals surface area contributed by atoms with Gasteiger partial charge < -0.3 is 10.2 Å². The average Bonchev–Trinajstić information content (AvgIpc) is 2.90. The third-order valence-electron chi connectivity index (χ3n) is 5.97. The summed E-state index contributed by atoms with van der Waals surface area (Å²) in [4.78, 5) is 27.9. The second-order valence-corrected chi connectivity index (χ2v) is 12.0. The van der Waals surface area contributed by atoms with Crippen LogP contribution in [0, 0.1) is 11.7 Å². The van der Waals surface area contributed by atoms with Crippen LogP contribution >= 0.6 is 23.2 Å². The van der Waals surface area contributed by atoms with Crippen molar-refractivity contribution in [1.29, 1.82) is 0 Å². The molecule has 0 saturated carbocycles. The lowest BCUT2D eigenvalue weighted by Crippen LogP contribution is -2.51. The van der Waals surface area contributed by atoms with Crippen molar-refractivity contribution in [3.8, 4) is 0 Å². The number of anilines is 1. The zero-order valence-electron chi connectivity index (χ0n) is 21.8. The number of nitrogens with one attached hydrogen (secondary N) is 1. The van der Waals surface area contributed by atoms with Gasteiger partial charge in [-0.3, -0.25) is 13.9 Å². The molecule has 0 aliphatic carbocycles. The highest BCUT2D eigenvalue weighted by Gasteiger charge is 2.33. The molecule has 0 aromatic heterocycles. The van der Waals surface area contributed by atoms with E-state index in [0.29, 0.717) is 22.2 Å². The first kappa shape index (κ1) is 30.4. The molecule has 0 bridgehead atoms. The highest BCUT2D eigenvalue weighted by Crippen LogP contribution is 2.28. The molecule has 1 atom stereocenters. The molecule has 3 aromatic rings. The van der Waals surface area contributed by atoms with E-state index in [0.717, 1.165) is 28.6 Å². The topological polar surface area (TPSA) is 86.8 Å². The van der Waals surface area contributed by atoms with E-state index in [-0.39, 0.29) is 23.0 Å². The predicted octanol–water partition coefficient (Wildman–Crippen LogP) is 5.52. The Morgan fingerprint density at radius 1 is 0.897 bits per heavy atom. The minimum absolute atomic E-state index is 0.132. The third-order valence-corrected chi connectivity index (χ3v) is 8.46. The summed E-state index contributed by atoms with van der Waals surface area (Å²) in [6.07, 6.45) is 0. The second-order valence-electron chi connectivity index (χ2n) is 9.34. The highest BCUT2D eigenvalue weighted by molar-refractivity contribution is 7.92. The molecule has 0 heterocycles. The molecule has 11 heteroatoms. The summed E-state index contributed by atoms with van der Waals surface area (Å²) in [5.74, 6) is -1.49. The summed E-state index contributed by atoms with van der Waals surface area (Å²) < 4.78 is 41.8. The van der Waals surface area contributed by atoms with Crippen molar-refractivity contribution < 1.29 is 22.4 Å². The molecule has 7 nitrogen and oxygen atoms in total. The van der Waals surface area contributed by atoms with Crippen LogP contribution in [0.1, 0.15) is 26.3 Å². The lowest BCUT2D eigenvalue weighted by atomic mass is 10.1. The number of benzene rings is 3. The number of hydrogen-bond acceptors (Lipinski definition) is 4. The van der Waals surface area contributed by atoms with Gasteiger partial charge in [-0.15, -0.1) is 0 Å². The van der Waals surface area contributed by atoms with Crippen LogP contribution in [-0.2, 0) is 26.2 Å². The fourth-order valence-corrected chi connectivity index (χ4v) is 5.68. The molecule has 208 valence electrons. The van der Waals surface area contributed by atoms with E-state index in [9.17, 15) is 22.4 Å². The summed E-state index contributed by atoms with van der Waals surface area (Å²) in [5.41, 5.74) is 0.646. The number of sulfonamides is 1. The zero-order chi connectivity index (χ0) is 28.7. The molecule has 1 N–H and O–H groups in total. The first-order chi connectivity index (χ1) is 18.4. The van der Waals surface area contributed by atoms with Gasteiger partial charge in [0.25, 0.3) is 10.0 Å². The lowest BCUT2D eigenvalue weighted by Gasteiger charge is -2.32. The lowest BCUT2D eigenvalue weighted by molar-refractivity contribution is -0.139. The Bertz CT molecular complexity index is 1380. The number of halogens is 3.